The fourth-order valence-electron chi connectivity index (χ4n) is 3.01. The van der Waals surface area contributed by atoms with E-state index in [0.29, 0.717) is 13.0 Å². The maximum absolute atomic E-state index is 11.9. The summed E-state index contributed by atoms with van der Waals surface area (Å²) in [5, 5.41) is 12.1. The molecule has 1 fully saturated rings. The van der Waals surface area contributed by atoms with Gasteiger partial charge >= 0.3 is 12.1 Å². The van der Waals surface area contributed by atoms with Crippen molar-refractivity contribution in [1.29, 1.82) is 0 Å². The summed E-state index contributed by atoms with van der Waals surface area (Å²) in [6.45, 7) is 3.64. The third-order valence-corrected chi connectivity index (χ3v) is 4.27. The molecule has 6 nitrogen and oxygen atoms in total. The number of benzene rings is 1. The minimum atomic E-state index is -0.826. The first-order valence-corrected chi connectivity index (χ1v) is 8.54. The highest BCUT2D eigenvalue weighted by Crippen LogP contribution is 2.19. The zero-order chi connectivity index (χ0) is 17.4. The molecule has 2 N–H and O–H groups in total. The Labute approximate surface area is 142 Å². The summed E-state index contributed by atoms with van der Waals surface area (Å²) in [7, 11) is 0. The number of nitrogens with one attached hydrogen (secondary N) is 1. The van der Waals surface area contributed by atoms with E-state index in [1.807, 2.05) is 35.2 Å². The van der Waals surface area contributed by atoms with Gasteiger partial charge in [0, 0.05) is 12.6 Å². The SMILES string of the molecule is CCCCCN1CC(NC(=O)OCc2ccccc2)CC1C(=O)O. The molecule has 2 unspecified atom stereocenters. The van der Waals surface area contributed by atoms with E-state index in [1.165, 1.54) is 0 Å². The van der Waals surface area contributed by atoms with E-state index in [4.69, 9.17) is 4.74 Å². The number of rotatable bonds is 8. The Bertz CT molecular complexity index is 535. The van der Waals surface area contributed by atoms with Crippen molar-refractivity contribution in [3.8, 4) is 0 Å². The number of nitrogens with zero attached hydrogens (tertiary/aromatic N) is 1. The van der Waals surface area contributed by atoms with Crippen LogP contribution < -0.4 is 5.32 Å². The van der Waals surface area contributed by atoms with E-state index in [9.17, 15) is 14.7 Å². The largest absolute Gasteiger partial charge is 0.480 e. The second kappa shape index (κ2) is 9.27. The highest BCUT2D eigenvalue weighted by atomic mass is 16.5. The molecule has 1 aliphatic heterocycles. The minimum Gasteiger partial charge on any atom is -0.480 e. The molecule has 132 valence electrons. The number of unbranched alkanes of at least 4 members (excludes halogenated alkanes) is 2. The Morgan fingerprint density at radius 3 is 2.71 bits per heavy atom. The average molecular weight is 334 g/mol. The number of hydrogen-bond donors (Lipinski definition) is 2. The molecular weight excluding hydrogens is 308 g/mol. The molecule has 0 saturated carbocycles. The number of aliphatic carboxylic acids is 1. The van der Waals surface area contributed by atoms with Gasteiger partial charge in [-0.05, 0) is 24.9 Å². The van der Waals surface area contributed by atoms with Crippen LogP contribution >= 0.6 is 0 Å². The lowest BCUT2D eigenvalue weighted by Gasteiger charge is -2.20. The lowest BCUT2D eigenvalue weighted by atomic mass is 10.1. The van der Waals surface area contributed by atoms with Crippen LogP contribution in [0.15, 0.2) is 30.3 Å². The van der Waals surface area contributed by atoms with Crippen molar-refractivity contribution >= 4 is 12.1 Å². The van der Waals surface area contributed by atoms with Crippen LogP contribution in [0.2, 0.25) is 0 Å². The second-order valence-electron chi connectivity index (χ2n) is 6.19. The number of carboxylic acid groups (broad SMARTS) is 1. The van der Waals surface area contributed by atoms with Crippen LogP contribution in [-0.2, 0) is 16.1 Å². The normalized spacial score (nSPS) is 20.7. The number of carboxylic acids is 1. The number of likely N-dealkylation sites (tertiary alicyclic amines) is 1. The van der Waals surface area contributed by atoms with Crippen LogP contribution in [0.3, 0.4) is 0 Å². The van der Waals surface area contributed by atoms with Crippen molar-refractivity contribution in [3.63, 3.8) is 0 Å². The van der Waals surface area contributed by atoms with Crippen molar-refractivity contribution in [2.45, 2.75) is 51.3 Å². The Kier molecular flexibility index (Phi) is 7.06. The lowest BCUT2D eigenvalue weighted by molar-refractivity contribution is -0.142. The van der Waals surface area contributed by atoms with Crippen molar-refractivity contribution in [1.82, 2.24) is 10.2 Å². The van der Waals surface area contributed by atoms with E-state index >= 15 is 0 Å². The molecule has 6 heteroatoms. The van der Waals surface area contributed by atoms with Crippen LogP contribution in [0.5, 0.6) is 0 Å². The van der Waals surface area contributed by atoms with Gasteiger partial charge in [0.2, 0.25) is 0 Å². The standard InChI is InChI=1S/C18H26N2O4/c1-2-3-7-10-20-12-15(11-16(20)17(21)22)19-18(23)24-13-14-8-5-4-6-9-14/h4-6,8-9,15-16H,2-3,7,10-13H2,1H3,(H,19,23)(H,21,22). The van der Waals surface area contributed by atoms with Crippen LogP contribution in [-0.4, -0.2) is 47.2 Å². The third-order valence-electron chi connectivity index (χ3n) is 4.27. The van der Waals surface area contributed by atoms with Gasteiger partial charge in [0.25, 0.3) is 0 Å². The van der Waals surface area contributed by atoms with E-state index in [1.54, 1.807) is 0 Å². The van der Waals surface area contributed by atoms with Gasteiger partial charge in [0.1, 0.15) is 12.6 Å². The lowest BCUT2D eigenvalue weighted by Crippen LogP contribution is -2.38. The van der Waals surface area contributed by atoms with Gasteiger partial charge in [-0.3, -0.25) is 9.69 Å². The molecule has 0 bridgehead atoms. The number of hydrogen-bond acceptors (Lipinski definition) is 4. The van der Waals surface area contributed by atoms with Crippen LogP contribution in [0.4, 0.5) is 4.79 Å². The summed E-state index contributed by atoms with van der Waals surface area (Å²) < 4.78 is 5.20. The first kappa shape index (κ1) is 18.3. The quantitative estimate of drug-likeness (QED) is 0.715. The summed E-state index contributed by atoms with van der Waals surface area (Å²) in [4.78, 5) is 25.3. The van der Waals surface area contributed by atoms with E-state index in [-0.39, 0.29) is 12.6 Å². The van der Waals surface area contributed by atoms with Gasteiger partial charge in [-0.25, -0.2) is 4.79 Å². The van der Waals surface area contributed by atoms with Gasteiger partial charge < -0.3 is 15.2 Å². The van der Waals surface area contributed by atoms with Gasteiger partial charge in [-0.1, -0.05) is 50.1 Å². The Morgan fingerprint density at radius 1 is 1.29 bits per heavy atom. The minimum absolute atomic E-state index is 0.184. The molecule has 2 rings (SSSR count). The van der Waals surface area contributed by atoms with Crippen LogP contribution in [0.1, 0.15) is 38.2 Å². The van der Waals surface area contributed by atoms with Crippen molar-refractivity contribution < 1.29 is 19.4 Å². The maximum atomic E-state index is 11.9. The molecule has 24 heavy (non-hydrogen) atoms. The van der Waals surface area contributed by atoms with Crippen molar-refractivity contribution in [2.24, 2.45) is 0 Å². The third kappa shape index (κ3) is 5.53. The number of carbonyl (C=O) groups excluding carboxylic acids is 1. The molecule has 1 heterocycles. The van der Waals surface area contributed by atoms with Crippen molar-refractivity contribution in [2.75, 3.05) is 13.1 Å². The molecule has 1 saturated heterocycles. The fraction of sp³-hybridized carbons (Fsp3) is 0.556. The smallest absolute Gasteiger partial charge is 0.407 e. The molecule has 0 aromatic heterocycles. The molecule has 0 radical (unpaired) electrons. The molecule has 1 aromatic rings. The fourth-order valence-corrected chi connectivity index (χ4v) is 3.01. The predicted molar refractivity (Wildman–Crippen MR) is 90.7 cm³/mol. The van der Waals surface area contributed by atoms with Gasteiger partial charge in [0.05, 0.1) is 0 Å². The predicted octanol–water partition coefficient (Wildman–Crippen LogP) is 2.63. The molecule has 2 atom stereocenters. The molecular formula is C18H26N2O4. The molecule has 0 aliphatic carbocycles. The van der Waals surface area contributed by atoms with Gasteiger partial charge in [-0.15, -0.1) is 0 Å². The van der Waals surface area contributed by atoms with Crippen LogP contribution in [0.25, 0.3) is 0 Å². The molecule has 1 amide bonds. The van der Waals surface area contributed by atoms with E-state index in [0.717, 1.165) is 31.4 Å². The highest BCUT2D eigenvalue weighted by Gasteiger charge is 2.37. The molecule has 0 spiro atoms. The summed E-state index contributed by atoms with van der Waals surface area (Å²) in [5.74, 6) is -0.826. The monoisotopic (exact) mass is 334 g/mol. The van der Waals surface area contributed by atoms with Crippen molar-refractivity contribution in [3.05, 3.63) is 35.9 Å². The van der Waals surface area contributed by atoms with E-state index < -0.39 is 18.1 Å². The summed E-state index contributed by atoms with van der Waals surface area (Å²) in [6, 6.07) is 8.74. The zero-order valence-corrected chi connectivity index (χ0v) is 14.1. The number of carbonyl (C=O) groups is 2. The summed E-state index contributed by atoms with van der Waals surface area (Å²) >= 11 is 0. The topological polar surface area (TPSA) is 78.9 Å². The van der Waals surface area contributed by atoms with Gasteiger partial charge in [0.15, 0.2) is 0 Å². The Hall–Kier alpha value is -2.08. The van der Waals surface area contributed by atoms with Crippen LogP contribution in [0, 0.1) is 0 Å². The Balaban J connectivity index is 1.79. The first-order chi connectivity index (χ1) is 11.6. The second-order valence-corrected chi connectivity index (χ2v) is 6.19. The number of amides is 1. The number of alkyl carbamates (subject to hydrolysis) is 1. The summed E-state index contributed by atoms with van der Waals surface area (Å²) in [5.41, 5.74) is 0.920. The van der Waals surface area contributed by atoms with Gasteiger partial charge in [-0.2, -0.15) is 0 Å². The van der Waals surface area contributed by atoms with E-state index in [2.05, 4.69) is 12.2 Å². The zero-order valence-electron chi connectivity index (χ0n) is 14.1. The maximum Gasteiger partial charge on any atom is 0.407 e. The number of ether oxygens (including phenoxy) is 1. The Morgan fingerprint density at radius 2 is 2.04 bits per heavy atom. The highest BCUT2D eigenvalue weighted by molar-refractivity contribution is 5.74. The molecule has 1 aliphatic rings. The first-order valence-electron chi connectivity index (χ1n) is 8.54. The molecule has 1 aromatic carbocycles. The summed E-state index contributed by atoms with van der Waals surface area (Å²) in [6.07, 6.45) is 3.08. The average Bonchev–Trinajstić information content (AvgIpc) is 2.97.